The van der Waals surface area contributed by atoms with E-state index in [1.807, 2.05) is 6.92 Å². The van der Waals surface area contributed by atoms with Gasteiger partial charge in [-0.1, -0.05) is 32.0 Å². The van der Waals surface area contributed by atoms with Crippen LogP contribution in [-0.2, 0) is 11.3 Å². The van der Waals surface area contributed by atoms with E-state index in [-0.39, 0.29) is 41.1 Å². The molecule has 142 valence electrons. The number of hydrogen-bond donors (Lipinski definition) is 2. The zero-order valence-electron chi connectivity index (χ0n) is 15.2. The highest BCUT2D eigenvalue weighted by Gasteiger charge is 2.11. The number of rotatable bonds is 10. The van der Waals surface area contributed by atoms with Crippen molar-refractivity contribution in [3.63, 3.8) is 0 Å². The highest BCUT2D eigenvalue weighted by Crippen LogP contribution is 2.18. The Morgan fingerprint density at radius 2 is 2.00 bits per heavy atom. The van der Waals surface area contributed by atoms with Crippen LogP contribution in [0.4, 0.5) is 5.69 Å². The molecular formula is C17H29IN4O3. The molecule has 2 N–H and O–H groups in total. The smallest absolute Gasteiger partial charge is 0.274 e. The second-order valence-corrected chi connectivity index (χ2v) is 5.80. The first kappa shape index (κ1) is 23.6. The van der Waals surface area contributed by atoms with Gasteiger partial charge in [0.2, 0.25) is 0 Å². The summed E-state index contributed by atoms with van der Waals surface area (Å²) in [6, 6.07) is 6.65. The number of para-hydroxylation sites is 1. The van der Waals surface area contributed by atoms with Crippen molar-refractivity contribution in [2.24, 2.45) is 10.9 Å². The van der Waals surface area contributed by atoms with E-state index in [1.54, 1.807) is 18.2 Å². The van der Waals surface area contributed by atoms with Gasteiger partial charge in [0.1, 0.15) is 0 Å². The summed E-state index contributed by atoms with van der Waals surface area (Å²) >= 11 is 0. The van der Waals surface area contributed by atoms with Gasteiger partial charge in [-0.05, 0) is 19.3 Å². The molecule has 1 rings (SSSR count). The number of ether oxygens (including phenoxy) is 1. The van der Waals surface area contributed by atoms with E-state index in [9.17, 15) is 10.1 Å². The average molecular weight is 464 g/mol. The second-order valence-electron chi connectivity index (χ2n) is 5.80. The Balaban J connectivity index is 0.00000576. The molecule has 0 fully saturated rings. The quantitative estimate of drug-likeness (QED) is 0.139. The van der Waals surface area contributed by atoms with E-state index in [2.05, 4.69) is 29.5 Å². The Morgan fingerprint density at radius 1 is 1.28 bits per heavy atom. The summed E-state index contributed by atoms with van der Waals surface area (Å²) in [4.78, 5) is 15.0. The third-order valence-electron chi connectivity index (χ3n) is 3.32. The Morgan fingerprint density at radius 3 is 2.64 bits per heavy atom. The van der Waals surface area contributed by atoms with Gasteiger partial charge in [0.15, 0.2) is 5.96 Å². The van der Waals surface area contributed by atoms with Crippen LogP contribution < -0.4 is 10.6 Å². The van der Waals surface area contributed by atoms with Gasteiger partial charge in [-0.15, -0.1) is 24.0 Å². The monoisotopic (exact) mass is 464 g/mol. The van der Waals surface area contributed by atoms with Crippen LogP contribution in [0.1, 0.15) is 32.8 Å². The lowest BCUT2D eigenvalue weighted by molar-refractivity contribution is -0.385. The van der Waals surface area contributed by atoms with Gasteiger partial charge in [-0.2, -0.15) is 0 Å². The molecule has 25 heavy (non-hydrogen) atoms. The molecule has 0 atom stereocenters. The maximum absolute atomic E-state index is 11.0. The van der Waals surface area contributed by atoms with Crippen LogP contribution in [0.3, 0.4) is 0 Å². The molecule has 0 amide bonds. The van der Waals surface area contributed by atoms with Crippen LogP contribution in [0.25, 0.3) is 0 Å². The highest BCUT2D eigenvalue weighted by molar-refractivity contribution is 14.0. The Hall–Kier alpha value is -1.42. The third-order valence-corrected chi connectivity index (χ3v) is 3.32. The van der Waals surface area contributed by atoms with Crippen LogP contribution in [0.15, 0.2) is 29.3 Å². The molecule has 0 aromatic heterocycles. The van der Waals surface area contributed by atoms with Crippen molar-refractivity contribution < 1.29 is 9.66 Å². The molecule has 1 aromatic carbocycles. The summed E-state index contributed by atoms with van der Waals surface area (Å²) < 4.78 is 5.55. The molecule has 0 radical (unpaired) electrons. The fraction of sp³-hybridized carbons (Fsp3) is 0.588. The van der Waals surface area contributed by atoms with Crippen molar-refractivity contribution in [3.8, 4) is 0 Å². The van der Waals surface area contributed by atoms with E-state index < -0.39 is 0 Å². The molecule has 0 heterocycles. The number of nitro groups is 1. The Labute approximate surface area is 166 Å². The molecule has 1 aromatic rings. The predicted molar refractivity (Wildman–Crippen MR) is 112 cm³/mol. The molecule has 0 aliphatic heterocycles. The van der Waals surface area contributed by atoms with E-state index in [4.69, 9.17) is 4.74 Å². The van der Waals surface area contributed by atoms with Crippen molar-refractivity contribution in [3.05, 3.63) is 39.9 Å². The number of nitrogens with one attached hydrogen (secondary N) is 2. The fourth-order valence-corrected chi connectivity index (χ4v) is 1.99. The van der Waals surface area contributed by atoms with Crippen molar-refractivity contribution in [2.45, 2.75) is 33.7 Å². The summed E-state index contributed by atoms with van der Waals surface area (Å²) in [5, 5.41) is 17.3. The molecule has 0 aliphatic rings. The molecule has 0 aliphatic carbocycles. The van der Waals surface area contributed by atoms with Crippen molar-refractivity contribution in [1.82, 2.24) is 10.6 Å². The van der Waals surface area contributed by atoms with Gasteiger partial charge >= 0.3 is 0 Å². The third kappa shape index (κ3) is 10.2. The maximum atomic E-state index is 11.0. The predicted octanol–water partition coefficient (Wildman–Crippen LogP) is 3.33. The van der Waals surface area contributed by atoms with Crippen LogP contribution in [0.5, 0.6) is 0 Å². The van der Waals surface area contributed by atoms with Gasteiger partial charge < -0.3 is 15.4 Å². The van der Waals surface area contributed by atoms with Gasteiger partial charge in [-0.3, -0.25) is 10.1 Å². The van der Waals surface area contributed by atoms with Crippen LogP contribution >= 0.6 is 24.0 Å². The summed E-state index contributed by atoms with van der Waals surface area (Å²) in [6.45, 7) is 9.27. The van der Waals surface area contributed by atoms with Crippen molar-refractivity contribution >= 4 is 35.6 Å². The lowest BCUT2D eigenvalue weighted by atomic mass is 10.1. The lowest BCUT2D eigenvalue weighted by Gasteiger charge is -2.12. The average Bonchev–Trinajstić information content (AvgIpc) is 2.55. The number of hydrogen-bond acceptors (Lipinski definition) is 4. The van der Waals surface area contributed by atoms with E-state index in [0.717, 1.165) is 19.6 Å². The fourth-order valence-electron chi connectivity index (χ4n) is 1.99. The first-order valence-corrected chi connectivity index (χ1v) is 8.36. The van der Waals surface area contributed by atoms with Crippen molar-refractivity contribution in [1.29, 1.82) is 0 Å². The summed E-state index contributed by atoms with van der Waals surface area (Å²) in [6.07, 6.45) is 1.05. The molecule has 0 spiro atoms. The summed E-state index contributed by atoms with van der Waals surface area (Å²) in [5.74, 6) is 1.27. The van der Waals surface area contributed by atoms with Gasteiger partial charge in [0.05, 0.1) is 23.6 Å². The first-order valence-electron chi connectivity index (χ1n) is 8.36. The molecule has 0 saturated heterocycles. The normalized spacial score (nSPS) is 11.1. The number of guanidine groups is 1. The van der Waals surface area contributed by atoms with E-state index in [0.29, 0.717) is 30.6 Å². The Kier molecular flexibility index (Phi) is 13.0. The van der Waals surface area contributed by atoms with E-state index in [1.165, 1.54) is 6.07 Å². The molecule has 8 heteroatoms. The minimum atomic E-state index is -0.381. The molecule has 0 bridgehead atoms. The number of nitro benzene ring substituents is 1. The van der Waals surface area contributed by atoms with Crippen LogP contribution in [0.2, 0.25) is 0 Å². The molecule has 7 nitrogen and oxygen atoms in total. The number of aliphatic imine (C=N–C) groups is 1. The van der Waals surface area contributed by atoms with Crippen LogP contribution in [0, 0.1) is 16.0 Å². The zero-order valence-corrected chi connectivity index (χ0v) is 17.5. The van der Waals surface area contributed by atoms with Crippen LogP contribution in [-0.4, -0.2) is 37.2 Å². The first-order chi connectivity index (χ1) is 11.5. The molecule has 0 unspecified atom stereocenters. The number of nitrogens with zero attached hydrogens (tertiary/aromatic N) is 2. The SMILES string of the molecule is CCNC(=NCc1ccccc1[N+](=O)[O-])NCCOCCC(C)C.I. The zero-order chi connectivity index (χ0) is 17.8. The standard InChI is InChI=1S/C17H28N4O3.HI/c1-4-18-17(19-10-12-24-11-9-14(2)3)20-13-15-7-5-6-8-16(15)21(22)23;/h5-8,14H,4,9-13H2,1-3H3,(H2,18,19,20);1H. The second kappa shape index (κ2) is 13.8. The molecule has 0 saturated carbocycles. The summed E-state index contributed by atoms with van der Waals surface area (Å²) in [7, 11) is 0. The largest absolute Gasteiger partial charge is 0.380 e. The lowest BCUT2D eigenvalue weighted by Crippen LogP contribution is -2.39. The highest BCUT2D eigenvalue weighted by atomic mass is 127. The van der Waals surface area contributed by atoms with Gasteiger partial charge in [-0.25, -0.2) is 4.99 Å². The minimum Gasteiger partial charge on any atom is -0.380 e. The number of halogens is 1. The van der Waals surface area contributed by atoms with Gasteiger partial charge in [0.25, 0.3) is 5.69 Å². The van der Waals surface area contributed by atoms with Gasteiger partial charge in [0, 0.05) is 25.8 Å². The maximum Gasteiger partial charge on any atom is 0.274 e. The van der Waals surface area contributed by atoms with Crippen molar-refractivity contribution in [2.75, 3.05) is 26.3 Å². The molecular weight excluding hydrogens is 435 g/mol. The summed E-state index contributed by atoms with van der Waals surface area (Å²) in [5.41, 5.74) is 0.682. The topological polar surface area (TPSA) is 88.8 Å². The Bertz CT molecular complexity index is 538. The van der Waals surface area contributed by atoms with E-state index >= 15 is 0 Å². The number of benzene rings is 1. The minimum absolute atomic E-state index is 0.